The fourth-order valence-corrected chi connectivity index (χ4v) is 2.97. The number of hydrogen-bond donors (Lipinski definition) is 2. The SMILES string of the molecule is N#Cc1cc(Oc2ccc(NC(=O)Nc3ccc4c(c3)C(F)(F)OC(F)(F)O4)c(F)c2)cc[n+]1[O-]. The third-order valence-corrected chi connectivity index (χ3v) is 4.46. The Labute approximate surface area is 192 Å². The van der Waals surface area contributed by atoms with Gasteiger partial charge in [-0.15, -0.1) is 8.78 Å². The zero-order valence-electron chi connectivity index (χ0n) is 17.0. The number of anilines is 2. The third kappa shape index (κ3) is 5.14. The molecule has 0 spiro atoms. The summed E-state index contributed by atoms with van der Waals surface area (Å²) >= 11 is 0. The normalized spacial score (nSPS) is 15.2. The Morgan fingerprint density at radius 2 is 1.80 bits per heavy atom. The van der Waals surface area contributed by atoms with Crippen LogP contribution in [0, 0.1) is 22.4 Å². The second-order valence-electron chi connectivity index (χ2n) is 6.90. The Bertz CT molecular complexity index is 1360. The molecular weight excluding hydrogens is 483 g/mol. The van der Waals surface area contributed by atoms with E-state index < -0.39 is 35.6 Å². The van der Waals surface area contributed by atoms with E-state index in [9.17, 15) is 32.0 Å². The molecule has 0 radical (unpaired) electrons. The summed E-state index contributed by atoms with van der Waals surface area (Å²) in [5.41, 5.74) is -1.85. The van der Waals surface area contributed by atoms with Gasteiger partial charge in [0.2, 0.25) is 0 Å². The minimum absolute atomic E-state index is 0.0188. The summed E-state index contributed by atoms with van der Waals surface area (Å²) in [6.07, 6.45) is -7.90. The number of aromatic nitrogens is 1. The number of alkyl halides is 4. The minimum atomic E-state index is -4.54. The molecule has 2 amide bonds. The number of nitriles is 1. The summed E-state index contributed by atoms with van der Waals surface area (Å²) in [6, 6.07) is 8.82. The predicted octanol–water partition coefficient (Wildman–Crippen LogP) is 4.78. The van der Waals surface area contributed by atoms with Gasteiger partial charge in [-0.05, 0) is 30.3 Å². The number of amides is 2. The van der Waals surface area contributed by atoms with Crippen LogP contribution in [0.2, 0.25) is 0 Å². The van der Waals surface area contributed by atoms with Gasteiger partial charge in [0, 0.05) is 17.8 Å². The van der Waals surface area contributed by atoms with Crippen molar-refractivity contribution in [2.75, 3.05) is 10.6 Å². The Hall–Kier alpha value is -4.64. The van der Waals surface area contributed by atoms with E-state index in [4.69, 9.17) is 10.00 Å². The first kappa shape index (κ1) is 23.5. The quantitative estimate of drug-likeness (QED) is 0.306. The number of hydrogen-bond acceptors (Lipinski definition) is 6. The topological polar surface area (TPSA) is 120 Å². The number of carbonyl (C=O) groups is 1. The van der Waals surface area contributed by atoms with Gasteiger partial charge >= 0.3 is 18.4 Å². The molecule has 3 aromatic rings. The van der Waals surface area contributed by atoms with Gasteiger partial charge in [0.15, 0.2) is 12.3 Å². The van der Waals surface area contributed by atoms with Crippen LogP contribution in [0.3, 0.4) is 0 Å². The summed E-state index contributed by atoms with van der Waals surface area (Å²) in [5.74, 6) is -1.71. The van der Waals surface area contributed by atoms with Gasteiger partial charge in [-0.1, -0.05) is 0 Å². The highest BCUT2D eigenvalue weighted by atomic mass is 19.3. The Kier molecular flexibility index (Phi) is 5.79. The van der Waals surface area contributed by atoms with Crippen molar-refractivity contribution in [3.05, 3.63) is 77.0 Å². The molecule has 0 aliphatic carbocycles. The smallest absolute Gasteiger partial charge is 0.540 e. The van der Waals surface area contributed by atoms with Gasteiger partial charge < -0.3 is 25.3 Å². The lowest BCUT2D eigenvalue weighted by atomic mass is 10.1. The Balaban J connectivity index is 1.44. The van der Waals surface area contributed by atoms with Crippen molar-refractivity contribution in [2.45, 2.75) is 12.4 Å². The number of halogens is 5. The molecule has 4 rings (SSSR count). The van der Waals surface area contributed by atoms with E-state index in [0.717, 1.165) is 36.5 Å². The van der Waals surface area contributed by atoms with Crippen LogP contribution in [-0.2, 0) is 10.8 Å². The third-order valence-electron chi connectivity index (χ3n) is 4.46. The van der Waals surface area contributed by atoms with Crippen LogP contribution in [0.4, 0.5) is 38.1 Å². The maximum absolute atomic E-state index is 14.4. The van der Waals surface area contributed by atoms with Crippen LogP contribution in [0.25, 0.3) is 0 Å². The van der Waals surface area contributed by atoms with Crippen LogP contribution >= 0.6 is 0 Å². The van der Waals surface area contributed by atoms with Gasteiger partial charge in [-0.25, -0.2) is 13.9 Å². The van der Waals surface area contributed by atoms with Gasteiger partial charge in [-0.3, -0.25) is 0 Å². The zero-order valence-corrected chi connectivity index (χ0v) is 17.0. The van der Waals surface area contributed by atoms with Gasteiger partial charge in [0.1, 0.15) is 23.1 Å². The van der Waals surface area contributed by atoms with E-state index >= 15 is 0 Å². The number of ether oxygens (including phenoxy) is 3. The fraction of sp³-hybridized carbons (Fsp3) is 0.0952. The monoisotopic (exact) mass is 494 g/mol. The molecule has 180 valence electrons. The molecular formula is C21H11F5N4O5. The molecule has 1 aliphatic rings. The first-order chi connectivity index (χ1) is 16.5. The van der Waals surface area contributed by atoms with E-state index in [1.807, 2.05) is 0 Å². The maximum atomic E-state index is 14.4. The van der Waals surface area contributed by atoms with E-state index in [-0.39, 0.29) is 28.6 Å². The van der Waals surface area contributed by atoms with E-state index in [1.165, 1.54) is 12.1 Å². The van der Waals surface area contributed by atoms with Crippen molar-refractivity contribution in [1.82, 2.24) is 0 Å². The number of carbonyl (C=O) groups excluding carboxylic acids is 1. The van der Waals surface area contributed by atoms with E-state index in [2.05, 4.69) is 20.1 Å². The molecule has 0 fully saturated rings. The van der Waals surface area contributed by atoms with E-state index in [0.29, 0.717) is 10.8 Å². The number of rotatable bonds is 4. The van der Waals surface area contributed by atoms with Crippen molar-refractivity contribution in [3.63, 3.8) is 0 Å². The Morgan fingerprint density at radius 1 is 1.06 bits per heavy atom. The van der Waals surface area contributed by atoms with Crippen molar-refractivity contribution >= 4 is 17.4 Å². The first-order valence-electron chi connectivity index (χ1n) is 9.44. The van der Waals surface area contributed by atoms with Crippen molar-refractivity contribution in [3.8, 4) is 23.3 Å². The molecule has 14 heteroatoms. The summed E-state index contributed by atoms with van der Waals surface area (Å²) in [6.45, 7) is 0. The van der Waals surface area contributed by atoms with Crippen LogP contribution < -0.4 is 24.8 Å². The number of fused-ring (bicyclic) bond motifs is 1. The average Bonchev–Trinajstić information content (AvgIpc) is 2.76. The van der Waals surface area contributed by atoms with Crippen molar-refractivity contribution in [2.24, 2.45) is 0 Å². The molecule has 0 atom stereocenters. The average molecular weight is 494 g/mol. The standard InChI is InChI=1S/C21H11F5N4O5/c22-16-9-13(33-14-5-6-30(32)12(8-14)10-27)2-3-17(16)29-19(31)28-11-1-4-18-15(7-11)20(23,24)35-21(25,26)34-18/h1-9H,(H2,28,29,31). The van der Waals surface area contributed by atoms with E-state index in [1.54, 1.807) is 6.07 Å². The number of nitrogens with one attached hydrogen (secondary N) is 2. The second kappa shape index (κ2) is 8.61. The van der Waals surface area contributed by atoms with Gasteiger partial charge in [0.05, 0.1) is 17.3 Å². The summed E-state index contributed by atoms with van der Waals surface area (Å²) in [5, 5.41) is 24.5. The highest BCUT2D eigenvalue weighted by Crippen LogP contribution is 2.46. The summed E-state index contributed by atoms with van der Waals surface area (Å²) in [4.78, 5) is 12.2. The number of pyridine rings is 1. The van der Waals surface area contributed by atoms with Crippen LogP contribution in [-0.4, -0.2) is 12.3 Å². The molecule has 2 aromatic carbocycles. The van der Waals surface area contributed by atoms with Crippen LogP contribution in [0.1, 0.15) is 11.3 Å². The lowest BCUT2D eigenvalue weighted by Crippen LogP contribution is -2.41. The molecule has 0 bridgehead atoms. The number of urea groups is 1. The number of nitrogens with zero attached hydrogens (tertiary/aromatic N) is 2. The highest BCUT2D eigenvalue weighted by Gasteiger charge is 2.54. The molecule has 0 saturated carbocycles. The molecule has 2 heterocycles. The zero-order chi connectivity index (χ0) is 25.4. The maximum Gasteiger partial charge on any atom is 0.540 e. The fourth-order valence-electron chi connectivity index (χ4n) is 2.97. The molecule has 35 heavy (non-hydrogen) atoms. The molecule has 2 N–H and O–H groups in total. The van der Waals surface area contributed by atoms with Crippen LogP contribution in [0.15, 0.2) is 54.7 Å². The molecule has 9 nitrogen and oxygen atoms in total. The molecule has 0 saturated heterocycles. The van der Waals surface area contributed by atoms with Gasteiger partial charge in [-0.2, -0.15) is 18.8 Å². The largest absolute Gasteiger partial charge is 0.618 e. The highest BCUT2D eigenvalue weighted by molar-refractivity contribution is 6.00. The van der Waals surface area contributed by atoms with Crippen LogP contribution in [0.5, 0.6) is 17.2 Å². The minimum Gasteiger partial charge on any atom is -0.618 e. The Morgan fingerprint density at radius 3 is 2.51 bits per heavy atom. The lowest BCUT2D eigenvalue weighted by Gasteiger charge is -2.30. The summed E-state index contributed by atoms with van der Waals surface area (Å²) < 4.78 is 81.4. The van der Waals surface area contributed by atoms with Crippen molar-refractivity contribution < 1.29 is 45.7 Å². The first-order valence-corrected chi connectivity index (χ1v) is 9.44. The lowest BCUT2D eigenvalue weighted by molar-refractivity contribution is -0.608. The molecule has 1 aromatic heterocycles. The van der Waals surface area contributed by atoms with Crippen molar-refractivity contribution in [1.29, 1.82) is 5.26 Å². The number of benzene rings is 2. The predicted molar refractivity (Wildman–Crippen MR) is 106 cm³/mol. The van der Waals surface area contributed by atoms with Gasteiger partial charge in [0.25, 0.3) is 5.69 Å². The summed E-state index contributed by atoms with van der Waals surface area (Å²) in [7, 11) is 0. The molecule has 1 aliphatic heterocycles. The second-order valence-corrected chi connectivity index (χ2v) is 6.90. The molecule has 0 unspecified atom stereocenters.